The first-order valence-corrected chi connectivity index (χ1v) is 11.7. The van der Waals surface area contributed by atoms with Gasteiger partial charge < -0.3 is 10.3 Å². The monoisotopic (exact) mass is 489 g/mol. The van der Waals surface area contributed by atoms with Crippen molar-refractivity contribution in [3.63, 3.8) is 0 Å². The van der Waals surface area contributed by atoms with Gasteiger partial charge in [-0.1, -0.05) is 41.6 Å². The van der Waals surface area contributed by atoms with E-state index in [-0.39, 0.29) is 28.6 Å². The van der Waals surface area contributed by atoms with E-state index in [1.54, 1.807) is 30.3 Å². The third kappa shape index (κ3) is 5.49. The van der Waals surface area contributed by atoms with E-state index in [0.717, 1.165) is 27.5 Å². The first-order valence-electron chi connectivity index (χ1n) is 10.7. The third-order valence-electron chi connectivity index (χ3n) is 5.36. The van der Waals surface area contributed by atoms with Crippen LogP contribution in [0.15, 0.2) is 63.3 Å². The fourth-order valence-electron chi connectivity index (χ4n) is 3.43. The summed E-state index contributed by atoms with van der Waals surface area (Å²) in [7, 11) is 1.36. The van der Waals surface area contributed by atoms with Crippen LogP contribution in [0.1, 0.15) is 27.0 Å². The first-order chi connectivity index (χ1) is 16.7. The van der Waals surface area contributed by atoms with Crippen molar-refractivity contribution in [2.75, 3.05) is 11.1 Å². The van der Waals surface area contributed by atoms with Gasteiger partial charge in [-0.15, -0.1) is 0 Å². The second-order valence-corrected chi connectivity index (χ2v) is 9.00. The maximum absolute atomic E-state index is 12.5. The van der Waals surface area contributed by atoms with E-state index in [9.17, 15) is 19.2 Å². The van der Waals surface area contributed by atoms with E-state index in [2.05, 4.69) is 26.3 Å². The smallest absolute Gasteiger partial charge is 0.327 e. The fourth-order valence-corrected chi connectivity index (χ4v) is 4.10. The maximum Gasteiger partial charge on any atom is 0.329 e. The molecule has 0 saturated carbocycles. The summed E-state index contributed by atoms with van der Waals surface area (Å²) in [6.45, 7) is 4.03. The number of anilines is 1. The Hall–Kier alpha value is -4.18. The first kappa shape index (κ1) is 24.0. The van der Waals surface area contributed by atoms with Gasteiger partial charge in [0.2, 0.25) is 5.91 Å². The van der Waals surface area contributed by atoms with Crippen molar-refractivity contribution in [1.82, 2.24) is 19.5 Å². The predicted octanol–water partition coefficient (Wildman–Crippen LogP) is 3.19. The van der Waals surface area contributed by atoms with Crippen molar-refractivity contribution in [3.05, 3.63) is 91.6 Å². The Morgan fingerprint density at radius 2 is 1.83 bits per heavy atom. The number of hydrogen-bond acceptors (Lipinski definition) is 6. The van der Waals surface area contributed by atoms with Crippen LogP contribution in [0.5, 0.6) is 0 Å². The van der Waals surface area contributed by atoms with Crippen molar-refractivity contribution in [2.24, 2.45) is 7.05 Å². The number of carbonyl (C=O) groups excluding carboxylic acids is 2. The number of imidazole rings is 1. The van der Waals surface area contributed by atoms with Gasteiger partial charge in [0.1, 0.15) is 0 Å². The van der Waals surface area contributed by atoms with E-state index < -0.39 is 11.2 Å². The normalized spacial score (nSPS) is 11.3. The summed E-state index contributed by atoms with van der Waals surface area (Å²) >= 11 is 1.10. The van der Waals surface area contributed by atoms with Crippen molar-refractivity contribution in [1.29, 1.82) is 0 Å². The van der Waals surface area contributed by atoms with Crippen LogP contribution in [-0.2, 0) is 11.8 Å². The molecule has 178 valence electrons. The molecule has 0 aliphatic heterocycles. The van der Waals surface area contributed by atoms with Gasteiger partial charge in [-0.25, -0.2) is 9.78 Å². The molecular formula is C25H23N5O4S. The number of ketones is 1. The average Bonchev–Trinajstić information content (AvgIpc) is 3.24. The largest absolute Gasteiger partial charge is 0.329 e. The van der Waals surface area contributed by atoms with Crippen LogP contribution in [0.3, 0.4) is 0 Å². The fraction of sp³-hybridized carbons (Fsp3) is 0.160. The SMILES string of the molecule is Cc1ccc(/C=C/C(=O)c2ccc(NC(=O)CSc3nc4[nH]c(=O)n(C)c(=O)c4[nH]3)cc2)c(C)c1. The Labute approximate surface area is 204 Å². The Kier molecular flexibility index (Phi) is 6.83. The topological polar surface area (TPSA) is 130 Å². The molecule has 4 rings (SSSR count). The van der Waals surface area contributed by atoms with Crippen LogP contribution in [0, 0.1) is 13.8 Å². The van der Waals surface area contributed by atoms with Crippen molar-refractivity contribution < 1.29 is 9.59 Å². The summed E-state index contributed by atoms with van der Waals surface area (Å²) in [5.41, 5.74) is 3.57. The summed E-state index contributed by atoms with van der Waals surface area (Å²) in [5.74, 6) is -0.387. The van der Waals surface area contributed by atoms with Crippen molar-refractivity contribution in [2.45, 2.75) is 19.0 Å². The molecule has 2 aromatic heterocycles. The molecule has 0 fully saturated rings. The van der Waals surface area contributed by atoms with Crippen molar-refractivity contribution in [3.8, 4) is 0 Å². The zero-order chi connectivity index (χ0) is 25.1. The maximum atomic E-state index is 12.5. The number of aryl methyl sites for hydroxylation is 2. The van der Waals surface area contributed by atoms with E-state index in [1.165, 1.54) is 18.7 Å². The Balaban J connectivity index is 1.35. The van der Waals surface area contributed by atoms with Gasteiger partial charge in [0, 0.05) is 18.3 Å². The highest BCUT2D eigenvalue weighted by atomic mass is 32.2. The molecule has 35 heavy (non-hydrogen) atoms. The lowest BCUT2D eigenvalue weighted by Gasteiger charge is -2.05. The highest BCUT2D eigenvalue weighted by Gasteiger charge is 2.12. The summed E-state index contributed by atoms with van der Waals surface area (Å²) in [4.78, 5) is 58.1. The van der Waals surface area contributed by atoms with Gasteiger partial charge in [0.15, 0.2) is 22.1 Å². The van der Waals surface area contributed by atoms with Crippen LogP contribution in [0.4, 0.5) is 5.69 Å². The molecule has 0 bridgehead atoms. The summed E-state index contributed by atoms with van der Waals surface area (Å²) in [6.07, 6.45) is 3.34. The number of nitrogens with zero attached hydrogens (tertiary/aromatic N) is 2. The second-order valence-electron chi connectivity index (χ2n) is 8.03. The lowest BCUT2D eigenvalue weighted by atomic mass is 10.0. The van der Waals surface area contributed by atoms with Crippen LogP contribution in [-0.4, -0.2) is 37.0 Å². The minimum Gasteiger partial charge on any atom is -0.327 e. The van der Waals surface area contributed by atoms with Gasteiger partial charge in [0.25, 0.3) is 5.56 Å². The summed E-state index contributed by atoms with van der Waals surface area (Å²) < 4.78 is 0.940. The molecule has 0 aliphatic carbocycles. The molecule has 9 nitrogen and oxygen atoms in total. The molecule has 3 N–H and O–H groups in total. The molecule has 0 atom stereocenters. The van der Waals surface area contributed by atoms with E-state index in [1.807, 2.05) is 26.0 Å². The number of aromatic amines is 2. The molecule has 4 aromatic rings. The number of H-pyrrole nitrogens is 2. The lowest BCUT2D eigenvalue weighted by molar-refractivity contribution is -0.113. The number of carbonyl (C=O) groups is 2. The standard InChI is InChI=1S/C25H23N5O4S/c1-14-4-5-16(15(2)12-14)8-11-19(31)17-6-9-18(10-7-17)26-20(32)13-35-24-27-21-22(28-24)29-25(34)30(3)23(21)33/h4-12H,13H2,1-3H3,(H,26,32)(H,27,28)(H,29,34)/b11-8+. The van der Waals surface area contributed by atoms with Gasteiger partial charge >= 0.3 is 5.69 Å². The molecule has 0 unspecified atom stereocenters. The third-order valence-corrected chi connectivity index (χ3v) is 6.24. The number of rotatable bonds is 7. The van der Waals surface area contributed by atoms with E-state index >= 15 is 0 Å². The number of benzene rings is 2. The number of hydrogen-bond donors (Lipinski definition) is 3. The Bertz CT molecular complexity index is 1580. The molecule has 1 amide bonds. The molecule has 10 heteroatoms. The minimum absolute atomic E-state index is 0.0314. The number of fused-ring (bicyclic) bond motifs is 1. The predicted molar refractivity (Wildman–Crippen MR) is 137 cm³/mol. The zero-order valence-electron chi connectivity index (χ0n) is 19.3. The summed E-state index contributed by atoms with van der Waals surface area (Å²) in [5, 5.41) is 3.10. The van der Waals surface area contributed by atoms with Crippen LogP contribution < -0.4 is 16.6 Å². The number of amides is 1. The highest BCUT2D eigenvalue weighted by Crippen LogP contribution is 2.18. The zero-order valence-corrected chi connectivity index (χ0v) is 20.2. The molecule has 2 aromatic carbocycles. The average molecular weight is 490 g/mol. The quantitative estimate of drug-likeness (QED) is 0.208. The molecule has 0 aliphatic rings. The number of nitrogens with one attached hydrogen (secondary N) is 3. The Morgan fingerprint density at radius 1 is 1.09 bits per heavy atom. The minimum atomic E-state index is -0.564. The van der Waals surface area contributed by atoms with Gasteiger partial charge in [-0.2, -0.15) is 0 Å². The number of aromatic nitrogens is 4. The Morgan fingerprint density at radius 3 is 2.54 bits per heavy atom. The number of thioether (sulfide) groups is 1. The number of allylic oxidation sites excluding steroid dienone is 1. The van der Waals surface area contributed by atoms with Gasteiger partial charge in [0.05, 0.1) is 5.75 Å². The molecule has 0 spiro atoms. The molecule has 0 radical (unpaired) electrons. The van der Waals surface area contributed by atoms with Crippen LogP contribution in [0.25, 0.3) is 17.2 Å². The van der Waals surface area contributed by atoms with E-state index in [0.29, 0.717) is 16.4 Å². The van der Waals surface area contributed by atoms with Gasteiger partial charge in [-0.05, 0) is 55.3 Å². The molecule has 2 heterocycles. The molecular weight excluding hydrogens is 466 g/mol. The highest BCUT2D eigenvalue weighted by molar-refractivity contribution is 7.99. The lowest BCUT2D eigenvalue weighted by Crippen LogP contribution is -2.32. The van der Waals surface area contributed by atoms with Crippen LogP contribution in [0.2, 0.25) is 0 Å². The second kappa shape index (κ2) is 9.98. The van der Waals surface area contributed by atoms with Crippen LogP contribution >= 0.6 is 11.8 Å². The van der Waals surface area contributed by atoms with Gasteiger partial charge in [-0.3, -0.25) is 23.9 Å². The molecule has 0 saturated heterocycles. The van der Waals surface area contributed by atoms with Crippen molar-refractivity contribution >= 4 is 46.4 Å². The summed E-state index contributed by atoms with van der Waals surface area (Å²) in [6, 6.07) is 12.7. The van der Waals surface area contributed by atoms with E-state index in [4.69, 9.17) is 0 Å².